The number of nitriles is 1. The van der Waals surface area contributed by atoms with E-state index in [1.54, 1.807) is 25.2 Å². The van der Waals surface area contributed by atoms with Gasteiger partial charge in [0.15, 0.2) is 0 Å². The van der Waals surface area contributed by atoms with Crippen molar-refractivity contribution in [2.24, 2.45) is 0 Å². The van der Waals surface area contributed by atoms with E-state index in [0.29, 0.717) is 17.7 Å². The Morgan fingerprint density at radius 3 is 2.50 bits per heavy atom. The minimum Gasteiger partial charge on any atom is -0.314 e. The molecule has 2 rings (SSSR count). The van der Waals surface area contributed by atoms with E-state index in [0.717, 1.165) is 10.0 Å². The van der Waals surface area contributed by atoms with Gasteiger partial charge in [0, 0.05) is 11.5 Å². The summed E-state index contributed by atoms with van der Waals surface area (Å²) in [6, 6.07) is 16.8. The maximum Gasteiger partial charge on any atom is 0.231 e. The molecule has 0 saturated carbocycles. The molecule has 100 valence electrons. The molecule has 2 aromatic rings. The predicted molar refractivity (Wildman–Crippen MR) is 82.4 cm³/mol. The number of carbonyl (C=O) groups excluding carboxylic acids is 1. The van der Waals surface area contributed by atoms with Crippen molar-refractivity contribution in [3.05, 3.63) is 64.1 Å². The van der Waals surface area contributed by atoms with Crippen LogP contribution in [0.1, 0.15) is 11.1 Å². The molecular formula is C16H13BrN2O. The molecule has 0 bridgehead atoms. The highest BCUT2D eigenvalue weighted by atomic mass is 79.9. The lowest BCUT2D eigenvalue weighted by Crippen LogP contribution is -2.28. The summed E-state index contributed by atoms with van der Waals surface area (Å²) < 4.78 is 0.983. The number of likely N-dealkylation sites (N-methyl/N-ethyl adjacent to an activating group) is 1. The SMILES string of the molecule is CN(C(=O)Cc1ccc(Br)cc1)c1ccccc1C#N. The molecule has 0 aliphatic carbocycles. The van der Waals surface area contributed by atoms with Gasteiger partial charge in [0.1, 0.15) is 6.07 Å². The van der Waals surface area contributed by atoms with Crippen LogP contribution in [0.25, 0.3) is 0 Å². The van der Waals surface area contributed by atoms with Crippen molar-refractivity contribution in [1.29, 1.82) is 5.26 Å². The number of benzene rings is 2. The number of anilines is 1. The van der Waals surface area contributed by atoms with E-state index in [1.807, 2.05) is 30.3 Å². The minimum atomic E-state index is -0.0463. The van der Waals surface area contributed by atoms with E-state index in [-0.39, 0.29) is 5.91 Å². The van der Waals surface area contributed by atoms with Gasteiger partial charge in [0.2, 0.25) is 5.91 Å². The molecule has 3 nitrogen and oxygen atoms in total. The lowest BCUT2D eigenvalue weighted by Gasteiger charge is -2.18. The van der Waals surface area contributed by atoms with Crippen molar-refractivity contribution in [2.75, 3.05) is 11.9 Å². The zero-order chi connectivity index (χ0) is 14.5. The quantitative estimate of drug-likeness (QED) is 0.865. The van der Waals surface area contributed by atoms with Crippen LogP contribution >= 0.6 is 15.9 Å². The Kier molecular flexibility index (Phi) is 4.54. The fraction of sp³-hybridized carbons (Fsp3) is 0.125. The maximum absolute atomic E-state index is 12.3. The molecule has 4 heteroatoms. The van der Waals surface area contributed by atoms with E-state index in [4.69, 9.17) is 5.26 Å². The largest absolute Gasteiger partial charge is 0.314 e. The van der Waals surface area contributed by atoms with Crippen LogP contribution in [0, 0.1) is 11.3 Å². The number of hydrogen-bond donors (Lipinski definition) is 0. The molecule has 2 aromatic carbocycles. The van der Waals surface area contributed by atoms with Crippen LogP contribution in [0.2, 0.25) is 0 Å². The molecule has 1 amide bonds. The Labute approximate surface area is 126 Å². The molecule has 0 fully saturated rings. The summed E-state index contributed by atoms with van der Waals surface area (Å²) in [4.78, 5) is 13.8. The minimum absolute atomic E-state index is 0.0463. The summed E-state index contributed by atoms with van der Waals surface area (Å²) in [7, 11) is 1.69. The molecule has 0 spiro atoms. The van der Waals surface area contributed by atoms with Gasteiger partial charge < -0.3 is 4.90 Å². The second-order valence-electron chi connectivity index (χ2n) is 4.38. The van der Waals surface area contributed by atoms with Crippen molar-refractivity contribution in [1.82, 2.24) is 0 Å². The normalized spacial score (nSPS) is 9.85. The lowest BCUT2D eigenvalue weighted by molar-refractivity contribution is -0.117. The Balaban J connectivity index is 2.17. The molecular weight excluding hydrogens is 316 g/mol. The van der Waals surface area contributed by atoms with Gasteiger partial charge in [0.05, 0.1) is 17.7 Å². The van der Waals surface area contributed by atoms with E-state index in [9.17, 15) is 4.79 Å². The molecule has 0 radical (unpaired) electrons. The highest BCUT2D eigenvalue weighted by molar-refractivity contribution is 9.10. The standard InChI is InChI=1S/C16H13BrN2O/c1-19(15-5-3-2-4-13(15)11-18)16(20)10-12-6-8-14(17)9-7-12/h2-9H,10H2,1H3. The summed E-state index contributed by atoms with van der Waals surface area (Å²) in [5.41, 5.74) is 2.08. The van der Waals surface area contributed by atoms with Gasteiger partial charge in [-0.2, -0.15) is 5.26 Å². The highest BCUT2D eigenvalue weighted by Crippen LogP contribution is 2.19. The van der Waals surface area contributed by atoms with Crippen molar-refractivity contribution in [2.45, 2.75) is 6.42 Å². The molecule has 0 unspecified atom stereocenters. The molecule has 0 aliphatic heterocycles. The summed E-state index contributed by atoms with van der Waals surface area (Å²) in [5.74, 6) is -0.0463. The fourth-order valence-corrected chi connectivity index (χ4v) is 2.15. The van der Waals surface area contributed by atoms with Crippen LogP contribution in [-0.2, 0) is 11.2 Å². The molecule has 0 aromatic heterocycles. The van der Waals surface area contributed by atoms with Crippen molar-refractivity contribution >= 4 is 27.5 Å². The fourth-order valence-electron chi connectivity index (χ4n) is 1.89. The van der Waals surface area contributed by atoms with E-state index < -0.39 is 0 Å². The van der Waals surface area contributed by atoms with Crippen LogP contribution < -0.4 is 4.90 Å². The second-order valence-corrected chi connectivity index (χ2v) is 5.30. The monoisotopic (exact) mass is 328 g/mol. The third-order valence-electron chi connectivity index (χ3n) is 3.03. The Morgan fingerprint density at radius 2 is 1.85 bits per heavy atom. The van der Waals surface area contributed by atoms with Crippen LogP contribution in [0.15, 0.2) is 53.0 Å². The summed E-state index contributed by atoms with van der Waals surface area (Å²) in [5, 5.41) is 9.08. The number of halogens is 1. The van der Waals surface area contributed by atoms with Gasteiger partial charge >= 0.3 is 0 Å². The van der Waals surface area contributed by atoms with Gasteiger partial charge in [-0.05, 0) is 29.8 Å². The number of amides is 1. The molecule has 0 N–H and O–H groups in total. The molecule has 0 atom stereocenters. The maximum atomic E-state index is 12.3. The van der Waals surface area contributed by atoms with Crippen LogP contribution in [0.5, 0.6) is 0 Å². The summed E-state index contributed by atoms with van der Waals surface area (Å²) in [6.07, 6.45) is 0.309. The van der Waals surface area contributed by atoms with Crippen molar-refractivity contribution in [3.63, 3.8) is 0 Å². The highest BCUT2D eigenvalue weighted by Gasteiger charge is 2.14. The van der Waals surface area contributed by atoms with E-state index >= 15 is 0 Å². The van der Waals surface area contributed by atoms with Gasteiger partial charge in [-0.25, -0.2) is 0 Å². The molecule has 20 heavy (non-hydrogen) atoms. The zero-order valence-electron chi connectivity index (χ0n) is 11.0. The number of nitrogens with zero attached hydrogens (tertiary/aromatic N) is 2. The first-order valence-corrected chi connectivity index (χ1v) is 6.91. The Hall–Kier alpha value is -2.12. The van der Waals surface area contributed by atoms with Crippen molar-refractivity contribution in [3.8, 4) is 6.07 Å². The smallest absolute Gasteiger partial charge is 0.231 e. The number of hydrogen-bond acceptors (Lipinski definition) is 2. The zero-order valence-corrected chi connectivity index (χ0v) is 12.6. The molecule has 0 saturated heterocycles. The first kappa shape index (κ1) is 14.3. The number of carbonyl (C=O) groups is 1. The predicted octanol–water partition coefficient (Wildman–Crippen LogP) is 3.53. The number of para-hydroxylation sites is 1. The Morgan fingerprint density at radius 1 is 1.20 bits per heavy atom. The van der Waals surface area contributed by atoms with Gasteiger partial charge in [-0.3, -0.25) is 4.79 Å². The average molecular weight is 329 g/mol. The third-order valence-corrected chi connectivity index (χ3v) is 3.56. The molecule has 0 aliphatic rings. The summed E-state index contributed by atoms with van der Waals surface area (Å²) >= 11 is 3.36. The molecule has 0 heterocycles. The van der Waals surface area contributed by atoms with Crippen LogP contribution in [0.4, 0.5) is 5.69 Å². The average Bonchev–Trinajstić information content (AvgIpc) is 2.48. The van der Waals surface area contributed by atoms with Gasteiger partial charge in [-0.1, -0.05) is 40.2 Å². The Bertz CT molecular complexity index is 659. The number of rotatable bonds is 3. The van der Waals surface area contributed by atoms with Gasteiger partial charge in [0.25, 0.3) is 0 Å². The first-order valence-electron chi connectivity index (χ1n) is 6.12. The lowest BCUT2D eigenvalue weighted by atomic mass is 10.1. The van der Waals surface area contributed by atoms with Crippen LogP contribution in [0.3, 0.4) is 0 Å². The first-order chi connectivity index (χ1) is 9.61. The second kappa shape index (κ2) is 6.36. The van der Waals surface area contributed by atoms with Crippen molar-refractivity contribution < 1.29 is 4.79 Å². The van der Waals surface area contributed by atoms with Gasteiger partial charge in [-0.15, -0.1) is 0 Å². The topological polar surface area (TPSA) is 44.1 Å². The van der Waals surface area contributed by atoms with E-state index in [1.165, 1.54) is 4.90 Å². The van der Waals surface area contributed by atoms with E-state index in [2.05, 4.69) is 22.0 Å². The van der Waals surface area contributed by atoms with Crippen LogP contribution in [-0.4, -0.2) is 13.0 Å². The third kappa shape index (κ3) is 3.25. The summed E-state index contributed by atoms with van der Waals surface area (Å²) in [6.45, 7) is 0.